The van der Waals surface area contributed by atoms with Crippen LogP contribution in [0.15, 0.2) is 17.3 Å². The van der Waals surface area contributed by atoms with E-state index in [0.717, 1.165) is 0 Å². The molecule has 0 unspecified atom stereocenters. The fourth-order valence-corrected chi connectivity index (χ4v) is 20.5. The van der Waals surface area contributed by atoms with Crippen LogP contribution < -0.4 is 16.3 Å². The van der Waals surface area contributed by atoms with Crippen molar-refractivity contribution >= 4 is 44.1 Å². The minimum absolute atomic E-state index is 0.111. The van der Waals surface area contributed by atoms with Crippen molar-refractivity contribution in [3.05, 3.63) is 17.9 Å². The quantitative estimate of drug-likeness (QED) is 0.0224. The molecule has 344 valence electrons. The Labute approximate surface area is 352 Å². The first-order valence-electron chi connectivity index (χ1n) is 20.5. The number of ether oxygens (including phenoxy) is 2. The van der Waals surface area contributed by atoms with Crippen molar-refractivity contribution < 1.29 is 66.0 Å². The molecule has 1 fully saturated rings. The van der Waals surface area contributed by atoms with Crippen LogP contribution in [0.3, 0.4) is 0 Å². The van der Waals surface area contributed by atoms with Crippen molar-refractivity contribution in [3.8, 4) is 0 Å². The topological polar surface area (TPSA) is 262 Å². The van der Waals surface area contributed by atoms with Crippen LogP contribution in [0.1, 0.15) is 109 Å². The Hall–Kier alpha value is -1.40. The summed E-state index contributed by atoms with van der Waals surface area (Å²) >= 11 is 0. The van der Waals surface area contributed by atoms with Crippen LogP contribution in [0, 0.1) is 0 Å². The molecule has 7 N–H and O–H groups in total. The number of aliphatic carboxylic acids is 1. The summed E-state index contributed by atoms with van der Waals surface area (Å²) in [6.07, 6.45) is -2.68. The second kappa shape index (κ2) is 23.3. The maximum atomic E-state index is 12.4. The molecular formula is C36H73N5O14P2Si2. The number of anilines is 1. The number of nitrogens with one attached hydrogen (secondary N) is 2. The molecule has 19 nitrogen and oxygen atoms in total. The predicted molar refractivity (Wildman–Crippen MR) is 228 cm³/mol. The van der Waals surface area contributed by atoms with Crippen LogP contribution in [-0.2, 0) is 41.3 Å². The summed E-state index contributed by atoms with van der Waals surface area (Å²) in [5.41, 5.74) is 1.65. The van der Waals surface area contributed by atoms with Gasteiger partial charge in [0.25, 0.3) is 0 Å². The summed E-state index contributed by atoms with van der Waals surface area (Å²) in [7, 11) is -13.5. The Balaban J connectivity index is 2.70. The fraction of sp³-hybridized carbons (Fsp3) is 0.861. The first-order valence-corrected chi connectivity index (χ1v) is 27.8. The number of hydrogen-bond acceptors (Lipinski definition) is 13. The second-order valence-electron chi connectivity index (χ2n) is 17.0. The van der Waals surface area contributed by atoms with Crippen molar-refractivity contribution in [2.75, 3.05) is 39.0 Å². The zero-order chi connectivity index (χ0) is 45.1. The molecule has 1 aromatic rings. The van der Waals surface area contributed by atoms with Gasteiger partial charge in [0.1, 0.15) is 43.7 Å². The van der Waals surface area contributed by atoms with Gasteiger partial charge in [0.15, 0.2) is 6.23 Å². The lowest BCUT2D eigenvalue weighted by atomic mass is 10.1. The number of likely N-dealkylation sites (N-methyl/N-ethyl adjacent to an activating group) is 1. The van der Waals surface area contributed by atoms with E-state index in [-0.39, 0.29) is 42.3 Å². The standard InChI is InChI=1S/C36H73N5O14P2Si2/c1-23(2)58(24(3)4,25(5)6)52-21-39-31-17-19-41(36(40-31)38-18-15-14-16-29(37-13)35(42)43)34-33(50-22-53-59(26(7)8,27(9)10)28(11)12)32(55-57(47,48)49)30(54-34)20-51-56(44,45)46/h17,19,23-30,32-34,37H,14-16,18,20-22H2,1-13H3,(H,42,43)(H,38,39,40)(H2,44,45,46)(H2,47,48,49)/t29-,30+,32+,33+,34+/m0/s1. The number of carboxylic acid groups (broad SMARTS) is 1. The van der Waals surface area contributed by atoms with Crippen molar-refractivity contribution in [2.24, 2.45) is 4.99 Å². The number of carbonyl (C=O) groups is 1. The largest absolute Gasteiger partial charge is 0.480 e. The number of nitrogens with zero attached hydrogens (tertiary/aromatic N) is 3. The number of phosphoric acid groups is 2. The third-order valence-corrected chi connectivity index (χ3v) is 24.5. The highest BCUT2D eigenvalue weighted by atomic mass is 31.2. The zero-order valence-corrected chi connectivity index (χ0v) is 40.9. The monoisotopic (exact) mass is 917 g/mol. The van der Waals surface area contributed by atoms with Crippen molar-refractivity contribution in [2.45, 2.75) is 166 Å². The van der Waals surface area contributed by atoms with Crippen LogP contribution in [0.25, 0.3) is 0 Å². The van der Waals surface area contributed by atoms with Crippen molar-refractivity contribution in [1.29, 1.82) is 0 Å². The molecule has 0 amide bonds. The third kappa shape index (κ3) is 14.9. The van der Waals surface area contributed by atoms with E-state index in [9.17, 15) is 38.6 Å². The number of carboxylic acids is 1. The molecule has 23 heteroatoms. The highest BCUT2D eigenvalue weighted by Gasteiger charge is 2.52. The summed E-state index contributed by atoms with van der Waals surface area (Å²) < 4.78 is 61.6. The van der Waals surface area contributed by atoms with Gasteiger partial charge in [-0.2, -0.15) is 4.98 Å². The maximum absolute atomic E-state index is 12.4. The average molecular weight is 918 g/mol. The zero-order valence-electron chi connectivity index (χ0n) is 37.1. The van der Waals surface area contributed by atoms with Gasteiger partial charge in [-0.25, -0.2) is 9.13 Å². The van der Waals surface area contributed by atoms with E-state index >= 15 is 0 Å². The van der Waals surface area contributed by atoms with Gasteiger partial charge in [0.05, 0.1) is 6.61 Å². The molecule has 0 spiro atoms. The van der Waals surface area contributed by atoms with Crippen molar-refractivity contribution in [1.82, 2.24) is 14.9 Å². The number of hydrogen-bond donors (Lipinski definition) is 7. The van der Waals surface area contributed by atoms with E-state index in [1.807, 2.05) is 0 Å². The van der Waals surface area contributed by atoms with E-state index in [1.165, 1.54) is 4.57 Å². The summed E-state index contributed by atoms with van der Waals surface area (Å²) in [6, 6.07) is 0.928. The van der Waals surface area contributed by atoms with Gasteiger partial charge < -0.3 is 53.6 Å². The normalized spacial score (nSPS) is 20.6. The number of rotatable bonds is 27. The van der Waals surface area contributed by atoms with Crippen LogP contribution >= 0.6 is 15.6 Å². The predicted octanol–water partition coefficient (Wildman–Crippen LogP) is 6.21. The van der Waals surface area contributed by atoms with Crippen LogP contribution in [0.5, 0.6) is 0 Å². The lowest BCUT2D eigenvalue weighted by molar-refractivity contribution is -0.139. The van der Waals surface area contributed by atoms with E-state index in [1.54, 1.807) is 19.3 Å². The highest BCUT2D eigenvalue weighted by molar-refractivity contribution is 7.46. The molecule has 0 bridgehead atoms. The van der Waals surface area contributed by atoms with Crippen molar-refractivity contribution in [3.63, 3.8) is 0 Å². The average Bonchev–Trinajstić information content (AvgIpc) is 3.42. The SMILES string of the molecule is CN[C@@H](CCCCN=c1nc(NCO[Si](C(C)C)(C(C)C)C(C)C)ccn1[C@@H]1O[C@H](COP(=O)(O)O)[C@@H](OP(=O)(O)O)[C@H]1OCO[Si](C(C)C)(C(C)C)C(C)C)C(=O)O. The molecule has 0 aliphatic carbocycles. The molecule has 2 heterocycles. The lowest BCUT2D eigenvalue weighted by Gasteiger charge is -2.42. The van der Waals surface area contributed by atoms with Crippen LogP contribution in [0.4, 0.5) is 5.82 Å². The molecule has 1 aliphatic rings. The second-order valence-corrected chi connectivity index (χ2v) is 30.3. The Kier molecular flexibility index (Phi) is 21.3. The Bertz CT molecular complexity index is 1580. The molecule has 0 aromatic carbocycles. The number of phosphoric ester groups is 2. The molecule has 1 aliphatic heterocycles. The van der Waals surface area contributed by atoms with Crippen LogP contribution in [-0.4, -0.2) is 115 Å². The molecule has 5 atom stereocenters. The number of aromatic nitrogens is 2. The fourth-order valence-electron chi connectivity index (χ4n) is 9.01. The minimum atomic E-state index is -5.25. The first-order chi connectivity index (χ1) is 27.2. The van der Waals surface area contributed by atoms with E-state index in [2.05, 4.69) is 93.7 Å². The van der Waals surface area contributed by atoms with Gasteiger partial charge in [-0.3, -0.25) is 23.4 Å². The third-order valence-electron chi connectivity index (χ3n) is 11.4. The highest BCUT2D eigenvalue weighted by Crippen LogP contribution is 2.47. The summed E-state index contributed by atoms with van der Waals surface area (Å²) in [6.45, 7) is 24.9. The van der Waals surface area contributed by atoms with E-state index < -0.39 is 75.4 Å². The van der Waals surface area contributed by atoms with Gasteiger partial charge in [0, 0.05) is 12.7 Å². The molecule has 0 saturated carbocycles. The smallest absolute Gasteiger partial charge is 0.470 e. The van der Waals surface area contributed by atoms with Crippen LogP contribution in [0.2, 0.25) is 33.2 Å². The first kappa shape index (κ1) is 53.7. The molecule has 1 saturated heterocycles. The Morgan fingerprint density at radius 1 is 0.864 bits per heavy atom. The molecule has 59 heavy (non-hydrogen) atoms. The number of unbranched alkanes of at least 4 members (excludes halogenated alkanes) is 1. The Morgan fingerprint density at radius 2 is 1.41 bits per heavy atom. The summed E-state index contributed by atoms with van der Waals surface area (Å²) in [5, 5.41) is 15.5. The Morgan fingerprint density at radius 3 is 1.88 bits per heavy atom. The molecular weight excluding hydrogens is 845 g/mol. The van der Waals surface area contributed by atoms with Gasteiger partial charge in [-0.15, -0.1) is 0 Å². The van der Waals surface area contributed by atoms with Gasteiger partial charge in [-0.05, 0) is 65.6 Å². The van der Waals surface area contributed by atoms with Gasteiger partial charge >= 0.3 is 21.6 Å². The van der Waals surface area contributed by atoms with E-state index in [4.69, 9.17) is 37.3 Å². The molecule has 1 aromatic heterocycles. The minimum Gasteiger partial charge on any atom is -0.480 e. The maximum Gasteiger partial charge on any atom is 0.470 e. The summed E-state index contributed by atoms with van der Waals surface area (Å²) in [4.78, 5) is 60.2. The molecule has 0 radical (unpaired) electrons. The van der Waals surface area contributed by atoms with Gasteiger partial charge in [0.2, 0.25) is 22.3 Å². The summed E-state index contributed by atoms with van der Waals surface area (Å²) in [5.74, 6) is -0.553. The molecule has 2 rings (SSSR count). The van der Waals surface area contributed by atoms with E-state index in [0.29, 0.717) is 41.7 Å². The van der Waals surface area contributed by atoms with Gasteiger partial charge in [-0.1, -0.05) is 83.1 Å². The lowest BCUT2D eigenvalue weighted by Crippen LogP contribution is -2.49.